The van der Waals surface area contributed by atoms with E-state index in [1.54, 1.807) is 7.11 Å². The van der Waals surface area contributed by atoms with Crippen molar-refractivity contribution >= 4 is 0 Å². The van der Waals surface area contributed by atoms with Crippen molar-refractivity contribution in [1.82, 2.24) is 5.32 Å². The SMILES string of the molecule is CNC1CC(Oc2ccc(C)cc2C)C1OC. The Bertz CT molecular complexity index is 392. The molecule has 3 unspecified atom stereocenters. The Balaban J connectivity index is 2.02. The molecule has 0 amide bonds. The second-order valence-electron chi connectivity index (χ2n) is 4.76. The van der Waals surface area contributed by atoms with E-state index < -0.39 is 0 Å². The zero-order valence-corrected chi connectivity index (χ0v) is 11.0. The summed E-state index contributed by atoms with van der Waals surface area (Å²) < 4.78 is 11.5. The summed E-state index contributed by atoms with van der Waals surface area (Å²) in [4.78, 5) is 0. The number of likely N-dealkylation sites (N-methyl/N-ethyl adjacent to an activating group) is 1. The van der Waals surface area contributed by atoms with Crippen molar-refractivity contribution in [2.75, 3.05) is 14.2 Å². The van der Waals surface area contributed by atoms with Crippen molar-refractivity contribution in [2.45, 2.75) is 38.5 Å². The highest BCUT2D eigenvalue weighted by Gasteiger charge is 2.42. The lowest BCUT2D eigenvalue weighted by Gasteiger charge is -2.43. The molecular weight excluding hydrogens is 214 g/mol. The highest BCUT2D eigenvalue weighted by atomic mass is 16.5. The molecular formula is C14H21NO2. The molecule has 0 heterocycles. The van der Waals surface area contributed by atoms with E-state index in [1.165, 1.54) is 11.1 Å². The summed E-state index contributed by atoms with van der Waals surface area (Å²) in [5, 5.41) is 3.24. The fraction of sp³-hybridized carbons (Fsp3) is 0.571. The largest absolute Gasteiger partial charge is 0.487 e. The first-order valence-electron chi connectivity index (χ1n) is 6.09. The van der Waals surface area contributed by atoms with Gasteiger partial charge in [0.05, 0.1) is 0 Å². The Morgan fingerprint density at radius 3 is 2.65 bits per heavy atom. The van der Waals surface area contributed by atoms with E-state index in [9.17, 15) is 0 Å². The molecule has 1 aliphatic rings. The molecule has 1 saturated carbocycles. The Morgan fingerprint density at radius 1 is 1.29 bits per heavy atom. The third kappa shape index (κ3) is 2.45. The maximum absolute atomic E-state index is 6.01. The van der Waals surface area contributed by atoms with E-state index in [2.05, 4.69) is 31.3 Å². The van der Waals surface area contributed by atoms with Gasteiger partial charge in [-0.05, 0) is 32.5 Å². The van der Waals surface area contributed by atoms with Crippen molar-refractivity contribution in [2.24, 2.45) is 0 Å². The van der Waals surface area contributed by atoms with Gasteiger partial charge in [0.25, 0.3) is 0 Å². The van der Waals surface area contributed by atoms with E-state index in [1.807, 2.05) is 13.1 Å². The summed E-state index contributed by atoms with van der Waals surface area (Å²) >= 11 is 0. The number of hydrogen-bond donors (Lipinski definition) is 1. The lowest BCUT2D eigenvalue weighted by molar-refractivity contribution is -0.0871. The maximum atomic E-state index is 6.01. The Hall–Kier alpha value is -1.06. The third-order valence-electron chi connectivity index (χ3n) is 3.50. The molecule has 1 fully saturated rings. The summed E-state index contributed by atoms with van der Waals surface area (Å²) in [6.07, 6.45) is 1.32. The fourth-order valence-electron chi connectivity index (χ4n) is 2.39. The molecule has 17 heavy (non-hydrogen) atoms. The molecule has 1 aromatic carbocycles. The van der Waals surface area contributed by atoms with E-state index in [-0.39, 0.29) is 12.2 Å². The molecule has 3 atom stereocenters. The van der Waals surface area contributed by atoms with Gasteiger partial charge < -0.3 is 14.8 Å². The highest BCUT2D eigenvalue weighted by Crippen LogP contribution is 2.30. The molecule has 94 valence electrons. The van der Waals surface area contributed by atoms with Crippen LogP contribution in [0.4, 0.5) is 0 Å². The van der Waals surface area contributed by atoms with Crippen LogP contribution in [0.3, 0.4) is 0 Å². The van der Waals surface area contributed by atoms with Crippen LogP contribution in [0.5, 0.6) is 5.75 Å². The number of methoxy groups -OCH3 is 1. The smallest absolute Gasteiger partial charge is 0.128 e. The number of rotatable bonds is 4. The molecule has 1 aliphatic carbocycles. The molecule has 0 aliphatic heterocycles. The van der Waals surface area contributed by atoms with Gasteiger partial charge in [-0.3, -0.25) is 0 Å². The van der Waals surface area contributed by atoms with Gasteiger partial charge in [-0.25, -0.2) is 0 Å². The summed E-state index contributed by atoms with van der Waals surface area (Å²) in [5.41, 5.74) is 2.45. The van der Waals surface area contributed by atoms with Crippen molar-refractivity contribution in [1.29, 1.82) is 0 Å². The molecule has 0 aromatic heterocycles. The molecule has 0 radical (unpaired) electrons. The highest BCUT2D eigenvalue weighted by molar-refractivity contribution is 5.36. The van der Waals surface area contributed by atoms with Gasteiger partial charge in [0.2, 0.25) is 0 Å². The lowest BCUT2D eigenvalue weighted by atomic mass is 9.85. The second-order valence-corrected chi connectivity index (χ2v) is 4.76. The standard InChI is InChI=1S/C14H21NO2/c1-9-5-6-12(10(2)7-9)17-13-8-11(15-3)14(13)16-4/h5-7,11,13-15H,8H2,1-4H3. The molecule has 0 bridgehead atoms. The normalized spacial score (nSPS) is 27.6. The first-order valence-corrected chi connectivity index (χ1v) is 6.09. The first kappa shape index (κ1) is 12.4. The van der Waals surface area contributed by atoms with E-state index in [0.29, 0.717) is 6.04 Å². The van der Waals surface area contributed by atoms with Gasteiger partial charge in [0.15, 0.2) is 0 Å². The van der Waals surface area contributed by atoms with Crippen LogP contribution in [0, 0.1) is 13.8 Å². The van der Waals surface area contributed by atoms with Crippen LogP contribution in [0.1, 0.15) is 17.5 Å². The number of aryl methyl sites for hydroxylation is 2. The zero-order chi connectivity index (χ0) is 12.4. The first-order chi connectivity index (χ1) is 8.15. The molecule has 0 spiro atoms. The van der Waals surface area contributed by atoms with Crippen LogP contribution in [0.2, 0.25) is 0 Å². The van der Waals surface area contributed by atoms with Crippen LogP contribution >= 0.6 is 0 Å². The van der Waals surface area contributed by atoms with Crippen LogP contribution in [-0.2, 0) is 4.74 Å². The van der Waals surface area contributed by atoms with Crippen molar-refractivity contribution < 1.29 is 9.47 Å². The van der Waals surface area contributed by atoms with Gasteiger partial charge in [-0.15, -0.1) is 0 Å². The van der Waals surface area contributed by atoms with Gasteiger partial charge >= 0.3 is 0 Å². The average Bonchev–Trinajstić information content (AvgIpc) is 2.26. The Morgan fingerprint density at radius 2 is 2.06 bits per heavy atom. The summed E-state index contributed by atoms with van der Waals surface area (Å²) in [6, 6.07) is 6.68. The topological polar surface area (TPSA) is 30.5 Å². The number of benzene rings is 1. The van der Waals surface area contributed by atoms with Gasteiger partial charge in [-0.1, -0.05) is 17.7 Å². The summed E-state index contributed by atoms with van der Waals surface area (Å²) in [7, 11) is 3.70. The molecule has 0 saturated heterocycles. The van der Waals surface area contributed by atoms with Crippen LogP contribution in [0.25, 0.3) is 0 Å². The van der Waals surface area contributed by atoms with E-state index >= 15 is 0 Å². The van der Waals surface area contributed by atoms with Crippen LogP contribution in [0.15, 0.2) is 18.2 Å². The lowest BCUT2D eigenvalue weighted by Crippen LogP contribution is -2.60. The molecule has 3 nitrogen and oxygen atoms in total. The van der Waals surface area contributed by atoms with Gasteiger partial charge in [0, 0.05) is 19.6 Å². The summed E-state index contributed by atoms with van der Waals surface area (Å²) in [5.74, 6) is 0.970. The Labute approximate surface area is 103 Å². The van der Waals surface area contributed by atoms with Crippen molar-refractivity contribution in [3.63, 3.8) is 0 Å². The minimum atomic E-state index is 0.153. The predicted molar refractivity (Wildman–Crippen MR) is 68.6 cm³/mol. The fourth-order valence-corrected chi connectivity index (χ4v) is 2.39. The third-order valence-corrected chi connectivity index (χ3v) is 3.50. The zero-order valence-electron chi connectivity index (χ0n) is 11.0. The molecule has 1 aromatic rings. The molecule has 2 rings (SSSR count). The number of hydrogen-bond acceptors (Lipinski definition) is 3. The number of nitrogens with one attached hydrogen (secondary N) is 1. The van der Waals surface area contributed by atoms with Crippen molar-refractivity contribution in [3.05, 3.63) is 29.3 Å². The average molecular weight is 235 g/mol. The van der Waals surface area contributed by atoms with E-state index in [4.69, 9.17) is 9.47 Å². The Kier molecular flexibility index (Phi) is 3.69. The van der Waals surface area contributed by atoms with Crippen molar-refractivity contribution in [3.8, 4) is 5.75 Å². The van der Waals surface area contributed by atoms with Crippen LogP contribution < -0.4 is 10.1 Å². The monoisotopic (exact) mass is 235 g/mol. The molecule has 3 heteroatoms. The second kappa shape index (κ2) is 5.07. The molecule has 1 N–H and O–H groups in total. The van der Waals surface area contributed by atoms with Crippen LogP contribution in [-0.4, -0.2) is 32.4 Å². The number of ether oxygens (including phenoxy) is 2. The van der Waals surface area contributed by atoms with Gasteiger partial charge in [-0.2, -0.15) is 0 Å². The van der Waals surface area contributed by atoms with Gasteiger partial charge in [0.1, 0.15) is 18.0 Å². The minimum Gasteiger partial charge on any atom is -0.487 e. The predicted octanol–water partition coefficient (Wildman–Crippen LogP) is 2.06. The maximum Gasteiger partial charge on any atom is 0.128 e. The minimum absolute atomic E-state index is 0.153. The summed E-state index contributed by atoms with van der Waals surface area (Å²) in [6.45, 7) is 4.17. The quantitative estimate of drug-likeness (QED) is 0.866. The van der Waals surface area contributed by atoms with E-state index in [0.717, 1.165) is 12.2 Å².